The highest BCUT2D eigenvalue weighted by Gasteiger charge is 2.37. The topological polar surface area (TPSA) is 57.7 Å². The number of likely N-dealkylation sites (tertiary alicyclic amines) is 1. The van der Waals surface area contributed by atoms with Crippen molar-refractivity contribution in [1.82, 2.24) is 15.2 Å². The SMILES string of the molecule is CN1CCC2(CCC(NC(=O)c3cc(N4CCOCC4)ccn3)CC2)CC1. The van der Waals surface area contributed by atoms with E-state index in [1.165, 1.54) is 38.8 Å². The molecule has 2 saturated heterocycles. The van der Waals surface area contributed by atoms with Gasteiger partial charge in [0.2, 0.25) is 0 Å². The van der Waals surface area contributed by atoms with Crippen molar-refractivity contribution in [3.05, 3.63) is 24.0 Å². The van der Waals surface area contributed by atoms with Crippen LogP contribution < -0.4 is 10.2 Å². The van der Waals surface area contributed by atoms with Gasteiger partial charge in [-0.2, -0.15) is 0 Å². The summed E-state index contributed by atoms with van der Waals surface area (Å²) < 4.78 is 5.41. The number of anilines is 1. The molecular formula is C21H32N4O2. The van der Waals surface area contributed by atoms with Gasteiger partial charge >= 0.3 is 0 Å². The molecule has 1 amide bonds. The molecule has 3 heterocycles. The Bertz CT molecular complexity index is 641. The molecule has 6 heteroatoms. The average molecular weight is 373 g/mol. The van der Waals surface area contributed by atoms with Gasteiger partial charge < -0.3 is 19.9 Å². The number of ether oxygens (including phenoxy) is 1. The molecule has 148 valence electrons. The van der Waals surface area contributed by atoms with Crippen molar-refractivity contribution in [2.45, 2.75) is 44.6 Å². The summed E-state index contributed by atoms with van der Waals surface area (Å²) in [4.78, 5) is 21.7. The Morgan fingerprint density at radius 1 is 1.15 bits per heavy atom. The van der Waals surface area contributed by atoms with Gasteiger partial charge in [-0.1, -0.05) is 0 Å². The molecule has 3 aliphatic rings. The summed E-state index contributed by atoms with van der Waals surface area (Å²) in [5.74, 6) is -0.0329. The minimum atomic E-state index is -0.0329. The summed E-state index contributed by atoms with van der Waals surface area (Å²) in [6.07, 6.45) is 9.05. The Labute approximate surface area is 162 Å². The van der Waals surface area contributed by atoms with E-state index in [2.05, 4.69) is 27.1 Å². The van der Waals surface area contributed by atoms with E-state index in [1.54, 1.807) is 6.20 Å². The highest BCUT2D eigenvalue weighted by atomic mass is 16.5. The number of aromatic nitrogens is 1. The first-order chi connectivity index (χ1) is 13.1. The summed E-state index contributed by atoms with van der Waals surface area (Å²) in [5, 5.41) is 3.24. The molecule has 4 rings (SSSR count). The molecule has 0 unspecified atom stereocenters. The third-order valence-electron chi connectivity index (χ3n) is 6.78. The normalized spacial score (nSPS) is 24.1. The van der Waals surface area contributed by atoms with Gasteiger partial charge in [-0.15, -0.1) is 0 Å². The lowest BCUT2D eigenvalue weighted by molar-refractivity contribution is 0.0653. The maximum absolute atomic E-state index is 12.7. The monoisotopic (exact) mass is 372 g/mol. The zero-order valence-corrected chi connectivity index (χ0v) is 16.5. The fourth-order valence-corrected chi connectivity index (χ4v) is 4.79. The van der Waals surface area contributed by atoms with Crippen molar-refractivity contribution < 1.29 is 9.53 Å². The number of carbonyl (C=O) groups excluding carboxylic acids is 1. The Morgan fingerprint density at radius 2 is 1.85 bits per heavy atom. The Morgan fingerprint density at radius 3 is 2.56 bits per heavy atom. The van der Waals surface area contributed by atoms with Gasteiger partial charge in [-0.3, -0.25) is 9.78 Å². The molecule has 0 bridgehead atoms. The number of morpholine rings is 1. The lowest BCUT2D eigenvalue weighted by atomic mass is 9.67. The van der Waals surface area contributed by atoms with Crippen LogP contribution in [-0.2, 0) is 4.74 Å². The third kappa shape index (κ3) is 4.43. The van der Waals surface area contributed by atoms with Crippen LogP contribution in [-0.4, -0.2) is 68.3 Å². The molecule has 6 nitrogen and oxygen atoms in total. The molecule has 0 radical (unpaired) electrons. The lowest BCUT2D eigenvalue weighted by Crippen LogP contribution is -2.45. The second-order valence-corrected chi connectivity index (χ2v) is 8.55. The molecular weight excluding hydrogens is 340 g/mol. The summed E-state index contributed by atoms with van der Waals surface area (Å²) in [7, 11) is 2.22. The second-order valence-electron chi connectivity index (χ2n) is 8.55. The maximum Gasteiger partial charge on any atom is 0.270 e. The molecule has 27 heavy (non-hydrogen) atoms. The van der Waals surface area contributed by atoms with Crippen LogP contribution in [0.5, 0.6) is 0 Å². The van der Waals surface area contributed by atoms with Crippen LogP contribution in [0.1, 0.15) is 49.0 Å². The van der Waals surface area contributed by atoms with Crippen LogP contribution in [0.3, 0.4) is 0 Å². The number of nitrogens with one attached hydrogen (secondary N) is 1. The summed E-state index contributed by atoms with van der Waals surface area (Å²) in [5.41, 5.74) is 2.12. The predicted molar refractivity (Wildman–Crippen MR) is 106 cm³/mol. The Hall–Kier alpha value is -1.66. The molecule has 0 aromatic carbocycles. The minimum Gasteiger partial charge on any atom is -0.378 e. The van der Waals surface area contributed by atoms with Crippen LogP contribution >= 0.6 is 0 Å². The van der Waals surface area contributed by atoms with Crippen molar-refractivity contribution in [2.24, 2.45) is 5.41 Å². The summed E-state index contributed by atoms with van der Waals surface area (Å²) >= 11 is 0. The van der Waals surface area contributed by atoms with E-state index in [4.69, 9.17) is 4.74 Å². The van der Waals surface area contributed by atoms with Gasteiger partial charge in [0.25, 0.3) is 5.91 Å². The molecule has 1 aromatic heterocycles. The highest BCUT2D eigenvalue weighted by molar-refractivity contribution is 5.93. The maximum atomic E-state index is 12.7. The minimum absolute atomic E-state index is 0.0329. The van der Waals surface area contributed by atoms with Crippen LogP contribution in [0.25, 0.3) is 0 Å². The van der Waals surface area contributed by atoms with E-state index in [0.29, 0.717) is 11.1 Å². The van der Waals surface area contributed by atoms with Gasteiger partial charge in [0.1, 0.15) is 5.69 Å². The quantitative estimate of drug-likeness (QED) is 0.882. The van der Waals surface area contributed by atoms with Crippen LogP contribution in [0.4, 0.5) is 5.69 Å². The van der Waals surface area contributed by atoms with Crippen molar-refractivity contribution >= 4 is 11.6 Å². The van der Waals surface area contributed by atoms with Gasteiger partial charge in [0, 0.05) is 31.0 Å². The zero-order valence-electron chi connectivity index (χ0n) is 16.5. The lowest BCUT2D eigenvalue weighted by Gasteiger charge is -2.45. The fraction of sp³-hybridized carbons (Fsp3) is 0.714. The third-order valence-corrected chi connectivity index (χ3v) is 6.78. The second kappa shape index (κ2) is 8.15. The van der Waals surface area contributed by atoms with Gasteiger partial charge in [-0.05, 0) is 76.2 Å². The molecule has 1 aromatic rings. The first kappa shape index (κ1) is 18.7. The predicted octanol–water partition coefficient (Wildman–Crippen LogP) is 2.30. The number of carbonyl (C=O) groups is 1. The number of pyridine rings is 1. The summed E-state index contributed by atoms with van der Waals surface area (Å²) in [6.45, 7) is 5.65. The van der Waals surface area contributed by atoms with Crippen LogP contribution in [0.15, 0.2) is 18.3 Å². The Kier molecular flexibility index (Phi) is 5.64. The Balaban J connectivity index is 1.32. The van der Waals surface area contributed by atoms with E-state index in [1.807, 2.05) is 12.1 Å². The molecule has 3 fully saturated rings. The van der Waals surface area contributed by atoms with Gasteiger partial charge in [0.15, 0.2) is 0 Å². The number of hydrogen-bond donors (Lipinski definition) is 1. The molecule has 1 N–H and O–H groups in total. The van der Waals surface area contributed by atoms with Crippen molar-refractivity contribution in [3.8, 4) is 0 Å². The average Bonchev–Trinajstić information content (AvgIpc) is 2.73. The first-order valence-electron chi connectivity index (χ1n) is 10.4. The zero-order chi connectivity index (χ0) is 18.7. The van der Waals surface area contributed by atoms with Gasteiger partial charge in [-0.25, -0.2) is 0 Å². The number of nitrogens with zero attached hydrogens (tertiary/aromatic N) is 3. The standard InChI is InChI=1S/C21H32N4O2/c1-24-10-7-21(8-11-24)5-2-17(3-6-21)23-20(26)19-16-18(4-9-22-19)25-12-14-27-15-13-25/h4,9,16-17H,2-3,5-8,10-15H2,1H3,(H,23,26). The van der Waals surface area contributed by atoms with E-state index >= 15 is 0 Å². The van der Waals surface area contributed by atoms with Crippen molar-refractivity contribution in [2.75, 3.05) is 51.3 Å². The van der Waals surface area contributed by atoms with Gasteiger partial charge in [0.05, 0.1) is 13.2 Å². The highest BCUT2D eigenvalue weighted by Crippen LogP contribution is 2.44. The largest absolute Gasteiger partial charge is 0.378 e. The smallest absolute Gasteiger partial charge is 0.270 e. The van der Waals surface area contributed by atoms with E-state index < -0.39 is 0 Å². The van der Waals surface area contributed by atoms with Crippen molar-refractivity contribution in [3.63, 3.8) is 0 Å². The number of hydrogen-bond acceptors (Lipinski definition) is 5. The summed E-state index contributed by atoms with van der Waals surface area (Å²) in [6, 6.07) is 4.19. The first-order valence-corrected chi connectivity index (χ1v) is 10.4. The molecule has 1 aliphatic carbocycles. The number of piperidine rings is 1. The molecule has 0 atom stereocenters. The molecule has 1 spiro atoms. The van der Waals surface area contributed by atoms with E-state index in [9.17, 15) is 4.79 Å². The number of amides is 1. The van der Waals surface area contributed by atoms with E-state index in [-0.39, 0.29) is 11.9 Å². The molecule has 2 aliphatic heterocycles. The van der Waals surface area contributed by atoms with Crippen LogP contribution in [0, 0.1) is 5.41 Å². The molecule has 1 saturated carbocycles. The number of rotatable bonds is 3. The fourth-order valence-electron chi connectivity index (χ4n) is 4.79. The van der Waals surface area contributed by atoms with E-state index in [0.717, 1.165) is 44.8 Å². The van der Waals surface area contributed by atoms with Crippen LogP contribution in [0.2, 0.25) is 0 Å². The van der Waals surface area contributed by atoms with Crippen molar-refractivity contribution in [1.29, 1.82) is 0 Å².